The lowest BCUT2D eigenvalue weighted by Crippen LogP contribution is -2.56. The van der Waals surface area contributed by atoms with Crippen molar-refractivity contribution in [1.29, 1.82) is 0 Å². The zero-order valence-corrected chi connectivity index (χ0v) is 19.3. The van der Waals surface area contributed by atoms with E-state index >= 15 is 0 Å². The third-order valence-electron chi connectivity index (χ3n) is 9.70. The van der Waals surface area contributed by atoms with Crippen LogP contribution in [0.4, 0.5) is 0 Å². The second kappa shape index (κ2) is 6.11. The minimum atomic E-state index is -3.14. The van der Waals surface area contributed by atoms with Crippen molar-refractivity contribution < 1.29 is 13.5 Å². The number of sulfone groups is 1. The number of terminal acetylenes is 1. The summed E-state index contributed by atoms with van der Waals surface area (Å²) >= 11 is 1.50. The standard InChI is InChI=1S/C24H32O3S2/c1-5-24(25)11-9-19-17-7-6-16-13-20-15(12-21(28-20)29(4,26)27)14-22(16,2)18(17)8-10-23(19,24)3/h1,12,16-19,25H,6-11,13-14H2,2-4H3/t16-,17?,18?,19?,22-,23-,24-/m0/s1. The average molecular weight is 433 g/mol. The van der Waals surface area contributed by atoms with Gasteiger partial charge in [0.1, 0.15) is 9.81 Å². The molecule has 0 radical (unpaired) electrons. The first-order valence-corrected chi connectivity index (χ1v) is 13.7. The summed E-state index contributed by atoms with van der Waals surface area (Å²) in [6, 6.07) is 1.96. The first-order valence-electron chi connectivity index (χ1n) is 11.0. The lowest BCUT2D eigenvalue weighted by Gasteiger charge is -2.60. The van der Waals surface area contributed by atoms with E-state index in [2.05, 4.69) is 19.8 Å². The second-order valence-corrected chi connectivity index (χ2v) is 14.2. The Bertz CT molecular complexity index is 1000. The summed E-state index contributed by atoms with van der Waals surface area (Å²) in [4.78, 5) is 1.30. The molecule has 0 aromatic carbocycles. The van der Waals surface area contributed by atoms with Crippen molar-refractivity contribution in [1.82, 2.24) is 0 Å². The van der Waals surface area contributed by atoms with Gasteiger partial charge in [-0.2, -0.15) is 0 Å². The smallest absolute Gasteiger partial charge is 0.184 e. The molecule has 3 fully saturated rings. The fourth-order valence-electron chi connectivity index (χ4n) is 7.98. The van der Waals surface area contributed by atoms with Gasteiger partial charge in [-0.1, -0.05) is 19.8 Å². The van der Waals surface area contributed by atoms with Gasteiger partial charge in [0.25, 0.3) is 0 Å². The van der Waals surface area contributed by atoms with Crippen molar-refractivity contribution in [3.63, 3.8) is 0 Å². The quantitative estimate of drug-likeness (QED) is 0.666. The minimum absolute atomic E-state index is 0.155. The number of hydrogen-bond donors (Lipinski definition) is 1. The van der Waals surface area contributed by atoms with Gasteiger partial charge in [-0.3, -0.25) is 0 Å². The van der Waals surface area contributed by atoms with Gasteiger partial charge in [-0.25, -0.2) is 8.42 Å². The highest BCUT2D eigenvalue weighted by molar-refractivity contribution is 7.92. The minimum Gasteiger partial charge on any atom is -0.377 e. The van der Waals surface area contributed by atoms with Crippen LogP contribution in [0.1, 0.15) is 62.8 Å². The SMILES string of the molecule is C#C[C@]1(O)CCC2C3CC[C@H]4Cc5sc(S(C)(=O)=O)cc5C[C@]4(C)C3CC[C@@]21C. The molecule has 3 nitrogen and oxygen atoms in total. The maximum absolute atomic E-state index is 12.1. The fraction of sp³-hybridized carbons (Fsp3) is 0.750. The van der Waals surface area contributed by atoms with Crippen molar-refractivity contribution in [2.45, 2.75) is 75.0 Å². The first kappa shape index (κ1) is 20.1. The zero-order valence-electron chi connectivity index (χ0n) is 17.7. The average Bonchev–Trinajstić information content (AvgIpc) is 3.18. The van der Waals surface area contributed by atoms with Crippen molar-refractivity contribution in [2.24, 2.45) is 34.5 Å². The molecule has 0 bridgehead atoms. The Morgan fingerprint density at radius 3 is 2.59 bits per heavy atom. The fourth-order valence-corrected chi connectivity index (χ4v) is 10.2. The Morgan fingerprint density at radius 2 is 1.90 bits per heavy atom. The number of fused-ring (bicyclic) bond motifs is 6. The van der Waals surface area contributed by atoms with Crippen molar-refractivity contribution >= 4 is 21.2 Å². The number of thiophene rings is 1. The van der Waals surface area contributed by atoms with Crippen LogP contribution < -0.4 is 0 Å². The molecule has 0 saturated heterocycles. The molecule has 0 spiro atoms. The first-order chi connectivity index (χ1) is 13.5. The highest BCUT2D eigenvalue weighted by Crippen LogP contribution is 2.67. The van der Waals surface area contributed by atoms with Gasteiger partial charge in [0, 0.05) is 16.5 Å². The van der Waals surface area contributed by atoms with Crippen LogP contribution in [0.3, 0.4) is 0 Å². The lowest BCUT2D eigenvalue weighted by molar-refractivity contribution is -0.127. The molecule has 5 rings (SSSR count). The van der Waals surface area contributed by atoms with Crippen molar-refractivity contribution in [3.05, 3.63) is 16.5 Å². The topological polar surface area (TPSA) is 54.4 Å². The molecule has 3 unspecified atom stereocenters. The van der Waals surface area contributed by atoms with E-state index in [1.165, 1.54) is 40.9 Å². The van der Waals surface area contributed by atoms with Gasteiger partial charge in [0.05, 0.1) is 0 Å². The van der Waals surface area contributed by atoms with Crippen LogP contribution in [0, 0.1) is 46.8 Å². The predicted octanol–water partition coefficient (Wildman–Crippen LogP) is 4.47. The Labute approximate surface area is 179 Å². The van der Waals surface area contributed by atoms with Gasteiger partial charge in [-0.15, -0.1) is 17.8 Å². The van der Waals surface area contributed by atoms with Gasteiger partial charge in [-0.05, 0) is 92.1 Å². The van der Waals surface area contributed by atoms with E-state index < -0.39 is 15.4 Å². The van der Waals surface area contributed by atoms with Crippen LogP contribution in [-0.4, -0.2) is 25.4 Å². The molecule has 3 saturated carbocycles. The Balaban J connectivity index is 1.49. The third-order valence-corrected chi connectivity index (χ3v) is 12.7. The van der Waals surface area contributed by atoms with Crippen LogP contribution in [0.2, 0.25) is 0 Å². The summed E-state index contributed by atoms with van der Waals surface area (Å²) in [5.41, 5.74) is 0.397. The van der Waals surface area contributed by atoms with E-state index in [1.54, 1.807) is 0 Å². The normalized spacial score (nSPS) is 46.2. The summed E-state index contributed by atoms with van der Waals surface area (Å²) in [5.74, 6) is 5.20. The number of rotatable bonds is 1. The van der Waals surface area contributed by atoms with E-state index in [9.17, 15) is 13.5 Å². The zero-order chi connectivity index (χ0) is 20.8. The molecule has 1 N–H and O–H groups in total. The molecule has 0 aliphatic heterocycles. The van der Waals surface area contributed by atoms with E-state index in [0.29, 0.717) is 27.9 Å². The predicted molar refractivity (Wildman–Crippen MR) is 116 cm³/mol. The highest BCUT2D eigenvalue weighted by atomic mass is 32.2. The summed E-state index contributed by atoms with van der Waals surface area (Å²) in [7, 11) is -3.14. The third kappa shape index (κ3) is 2.61. The maximum atomic E-state index is 12.1. The van der Waals surface area contributed by atoms with Gasteiger partial charge in [0.15, 0.2) is 9.84 Å². The monoisotopic (exact) mass is 432 g/mol. The van der Waals surface area contributed by atoms with E-state index in [4.69, 9.17) is 6.42 Å². The lowest BCUT2D eigenvalue weighted by atomic mass is 9.44. The van der Waals surface area contributed by atoms with Crippen molar-refractivity contribution in [2.75, 3.05) is 6.26 Å². The summed E-state index contributed by atoms with van der Waals surface area (Å²) in [6.45, 7) is 4.71. The summed E-state index contributed by atoms with van der Waals surface area (Å²) in [6.07, 6.45) is 15.5. The number of hydrogen-bond acceptors (Lipinski definition) is 4. The molecule has 4 aliphatic rings. The van der Waals surface area contributed by atoms with Gasteiger partial charge >= 0.3 is 0 Å². The van der Waals surface area contributed by atoms with Crippen LogP contribution in [0.15, 0.2) is 10.3 Å². The Morgan fingerprint density at radius 1 is 1.17 bits per heavy atom. The molecule has 7 atom stereocenters. The molecular formula is C24H32O3S2. The molecule has 1 aromatic rings. The molecule has 158 valence electrons. The molecular weight excluding hydrogens is 400 g/mol. The van der Waals surface area contributed by atoms with E-state index in [0.717, 1.165) is 38.5 Å². The van der Waals surface area contributed by atoms with Crippen LogP contribution in [0.25, 0.3) is 0 Å². The second-order valence-electron chi connectivity index (χ2n) is 10.8. The van der Waals surface area contributed by atoms with E-state index in [-0.39, 0.29) is 10.8 Å². The molecule has 5 heteroatoms. The molecule has 4 aliphatic carbocycles. The van der Waals surface area contributed by atoms with Gasteiger partial charge in [0.2, 0.25) is 0 Å². The largest absolute Gasteiger partial charge is 0.377 e. The summed E-state index contributed by atoms with van der Waals surface area (Å²) in [5, 5.41) is 11.2. The Hall–Kier alpha value is -0.830. The van der Waals surface area contributed by atoms with Gasteiger partial charge < -0.3 is 5.11 Å². The maximum Gasteiger partial charge on any atom is 0.184 e. The molecule has 29 heavy (non-hydrogen) atoms. The van der Waals surface area contributed by atoms with Crippen molar-refractivity contribution in [3.8, 4) is 12.3 Å². The van der Waals surface area contributed by atoms with Crippen LogP contribution >= 0.6 is 11.3 Å². The molecule has 1 aromatic heterocycles. The molecule has 0 amide bonds. The Kier molecular flexibility index (Phi) is 4.24. The van der Waals surface area contributed by atoms with E-state index in [1.807, 2.05) is 6.07 Å². The summed E-state index contributed by atoms with van der Waals surface area (Å²) < 4.78 is 24.7. The molecule has 1 heterocycles. The van der Waals surface area contributed by atoms with Crippen LogP contribution in [-0.2, 0) is 22.7 Å². The van der Waals surface area contributed by atoms with Crippen LogP contribution in [0.5, 0.6) is 0 Å². The number of aliphatic hydroxyl groups is 1. The highest BCUT2D eigenvalue weighted by Gasteiger charge is 2.64.